The predicted octanol–water partition coefficient (Wildman–Crippen LogP) is 2.61. The van der Waals surface area contributed by atoms with E-state index in [-0.39, 0.29) is 5.91 Å². The molecule has 1 aromatic heterocycles. The first kappa shape index (κ1) is 16.8. The predicted molar refractivity (Wildman–Crippen MR) is 95.1 cm³/mol. The molecule has 0 spiro atoms. The summed E-state index contributed by atoms with van der Waals surface area (Å²) in [4.78, 5) is 15.5. The lowest BCUT2D eigenvalue weighted by Crippen LogP contribution is -2.26. The summed E-state index contributed by atoms with van der Waals surface area (Å²) >= 11 is 0. The normalized spacial score (nSPS) is 10.7. The van der Waals surface area contributed by atoms with Crippen molar-refractivity contribution in [1.29, 1.82) is 0 Å². The number of carbonyl (C=O) groups excluding carboxylic acids is 1. The third-order valence-corrected chi connectivity index (χ3v) is 4.14. The number of benzene rings is 2. The number of hydrogen-bond acceptors (Lipinski definition) is 4. The highest BCUT2D eigenvalue weighted by Gasteiger charge is 2.14. The zero-order valence-corrected chi connectivity index (χ0v) is 14.7. The highest BCUT2D eigenvalue weighted by molar-refractivity contribution is 5.93. The van der Waals surface area contributed by atoms with E-state index in [1.165, 1.54) is 11.1 Å². The summed E-state index contributed by atoms with van der Waals surface area (Å²) in [5, 5.41) is 12.5. The Labute approximate surface area is 147 Å². The van der Waals surface area contributed by atoms with Gasteiger partial charge in [0.1, 0.15) is 0 Å². The van der Waals surface area contributed by atoms with Gasteiger partial charge in [0.15, 0.2) is 5.82 Å². The number of tetrazole rings is 1. The Morgan fingerprint density at radius 1 is 1.08 bits per heavy atom. The van der Waals surface area contributed by atoms with Crippen LogP contribution in [0.1, 0.15) is 32.9 Å². The second-order valence-corrected chi connectivity index (χ2v) is 6.18. The molecule has 3 aromatic rings. The van der Waals surface area contributed by atoms with Crippen molar-refractivity contribution in [2.75, 3.05) is 7.05 Å². The van der Waals surface area contributed by atoms with Crippen LogP contribution in [-0.2, 0) is 13.1 Å². The zero-order chi connectivity index (χ0) is 17.8. The average Bonchev–Trinajstić information content (AvgIpc) is 3.05. The zero-order valence-electron chi connectivity index (χ0n) is 14.7. The lowest BCUT2D eigenvalue weighted by Gasteiger charge is -2.14. The van der Waals surface area contributed by atoms with Crippen molar-refractivity contribution in [2.24, 2.45) is 0 Å². The number of rotatable bonds is 5. The Morgan fingerprint density at radius 3 is 2.56 bits per heavy atom. The summed E-state index contributed by atoms with van der Waals surface area (Å²) in [6, 6.07) is 15.5. The van der Waals surface area contributed by atoms with Crippen LogP contribution in [0, 0.1) is 13.8 Å². The quantitative estimate of drug-likeness (QED) is 0.719. The Balaban J connectivity index is 1.65. The molecule has 0 saturated carbocycles. The lowest BCUT2D eigenvalue weighted by atomic mass is 10.1. The van der Waals surface area contributed by atoms with Crippen LogP contribution in [0.4, 0.5) is 0 Å². The van der Waals surface area contributed by atoms with Crippen molar-refractivity contribution in [2.45, 2.75) is 26.9 Å². The molecule has 0 unspecified atom stereocenters. The molecule has 0 radical (unpaired) electrons. The van der Waals surface area contributed by atoms with Crippen molar-refractivity contribution in [3.63, 3.8) is 0 Å². The van der Waals surface area contributed by atoms with Crippen LogP contribution >= 0.6 is 0 Å². The summed E-state index contributed by atoms with van der Waals surface area (Å²) in [5.74, 6) is 0.460. The van der Waals surface area contributed by atoms with Gasteiger partial charge >= 0.3 is 0 Å². The van der Waals surface area contributed by atoms with Crippen molar-refractivity contribution in [3.8, 4) is 0 Å². The minimum absolute atomic E-state index is 0.0638. The summed E-state index contributed by atoms with van der Waals surface area (Å²) < 4.78 is 0. The third kappa shape index (κ3) is 4.09. The van der Waals surface area contributed by atoms with Crippen molar-refractivity contribution in [1.82, 2.24) is 25.1 Å². The van der Waals surface area contributed by atoms with Gasteiger partial charge in [0.2, 0.25) is 0 Å². The maximum atomic E-state index is 12.4. The number of amides is 1. The standard InChI is InChI=1S/C19H21N5O/c1-14-9-10-16(11-15(14)2)12-24-21-18(20-22-24)13-23(3)19(25)17-7-5-4-6-8-17/h4-11H,12-13H2,1-3H3. The summed E-state index contributed by atoms with van der Waals surface area (Å²) in [5.41, 5.74) is 4.27. The number of aromatic nitrogens is 4. The fourth-order valence-corrected chi connectivity index (χ4v) is 2.56. The molecular formula is C19H21N5O. The van der Waals surface area contributed by atoms with Crippen molar-refractivity contribution < 1.29 is 4.79 Å². The molecule has 6 heteroatoms. The fourth-order valence-electron chi connectivity index (χ4n) is 2.56. The average molecular weight is 335 g/mol. The van der Waals surface area contributed by atoms with Crippen LogP contribution in [0.5, 0.6) is 0 Å². The molecule has 1 heterocycles. The van der Waals surface area contributed by atoms with E-state index >= 15 is 0 Å². The van der Waals surface area contributed by atoms with Crippen LogP contribution in [-0.4, -0.2) is 38.1 Å². The molecule has 25 heavy (non-hydrogen) atoms. The Bertz CT molecular complexity index is 873. The van der Waals surface area contributed by atoms with E-state index in [9.17, 15) is 4.79 Å². The largest absolute Gasteiger partial charge is 0.334 e. The van der Waals surface area contributed by atoms with E-state index in [1.54, 1.807) is 28.9 Å². The molecule has 128 valence electrons. The summed E-state index contributed by atoms with van der Waals surface area (Å²) in [6.45, 7) is 5.05. The molecule has 0 fully saturated rings. The molecule has 1 amide bonds. The highest BCUT2D eigenvalue weighted by atomic mass is 16.2. The van der Waals surface area contributed by atoms with Crippen LogP contribution in [0.3, 0.4) is 0 Å². The maximum absolute atomic E-state index is 12.4. The smallest absolute Gasteiger partial charge is 0.254 e. The molecule has 0 bridgehead atoms. The molecule has 3 rings (SSSR count). The van der Waals surface area contributed by atoms with E-state index in [1.807, 2.05) is 18.2 Å². The van der Waals surface area contributed by atoms with E-state index in [0.717, 1.165) is 5.56 Å². The monoisotopic (exact) mass is 335 g/mol. The van der Waals surface area contributed by atoms with E-state index in [2.05, 4.69) is 47.5 Å². The topological polar surface area (TPSA) is 63.9 Å². The SMILES string of the molecule is Cc1ccc(Cn2nnc(CN(C)C(=O)c3ccccc3)n2)cc1C. The van der Waals surface area contributed by atoms with E-state index in [4.69, 9.17) is 0 Å². The van der Waals surface area contributed by atoms with E-state index in [0.29, 0.717) is 24.5 Å². The van der Waals surface area contributed by atoms with Gasteiger partial charge in [0, 0.05) is 12.6 Å². The molecule has 0 aliphatic rings. The van der Waals surface area contributed by atoms with Gasteiger partial charge in [-0.25, -0.2) is 0 Å². The Morgan fingerprint density at radius 2 is 1.84 bits per heavy atom. The molecule has 0 aliphatic heterocycles. The lowest BCUT2D eigenvalue weighted by molar-refractivity contribution is 0.0781. The van der Waals surface area contributed by atoms with Gasteiger partial charge in [-0.2, -0.15) is 4.80 Å². The number of hydrogen-bond donors (Lipinski definition) is 0. The van der Waals surface area contributed by atoms with Crippen LogP contribution in [0.15, 0.2) is 48.5 Å². The first-order chi connectivity index (χ1) is 12.0. The van der Waals surface area contributed by atoms with E-state index < -0.39 is 0 Å². The Kier molecular flexibility index (Phi) is 4.88. The molecule has 0 aliphatic carbocycles. The van der Waals surface area contributed by atoms with Gasteiger partial charge in [-0.05, 0) is 47.9 Å². The van der Waals surface area contributed by atoms with Gasteiger partial charge in [-0.3, -0.25) is 4.79 Å². The number of carbonyl (C=O) groups is 1. The van der Waals surface area contributed by atoms with Crippen LogP contribution in [0.2, 0.25) is 0 Å². The molecule has 0 N–H and O–H groups in total. The second-order valence-electron chi connectivity index (χ2n) is 6.18. The minimum Gasteiger partial charge on any atom is -0.334 e. The van der Waals surface area contributed by atoms with Crippen LogP contribution in [0.25, 0.3) is 0 Å². The van der Waals surface area contributed by atoms with Gasteiger partial charge in [-0.15, -0.1) is 10.2 Å². The fraction of sp³-hybridized carbons (Fsp3) is 0.263. The van der Waals surface area contributed by atoms with Gasteiger partial charge in [0.05, 0.1) is 13.1 Å². The van der Waals surface area contributed by atoms with Gasteiger partial charge < -0.3 is 4.90 Å². The van der Waals surface area contributed by atoms with Gasteiger partial charge in [-0.1, -0.05) is 36.4 Å². The molecular weight excluding hydrogens is 314 g/mol. The molecule has 0 saturated heterocycles. The molecule has 2 aromatic carbocycles. The van der Waals surface area contributed by atoms with Crippen molar-refractivity contribution in [3.05, 3.63) is 76.6 Å². The van der Waals surface area contributed by atoms with Crippen LogP contribution < -0.4 is 0 Å². The highest BCUT2D eigenvalue weighted by Crippen LogP contribution is 2.11. The Hall–Kier alpha value is -3.02. The van der Waals surface area contributed by atoms with Gasteiger partial charge in [0.25, 0.3) is 5.91 Å². The summed E-state index contributed by atoms with van der Waals surface area (Å²) in [6.07, 6.45) is 0. The molecule has 6 nitrogen and oxygen atoms in total. The first-order valence-electron chi connectivity index (χ1n) is 8.16. The number of nitrogens with zero attached hydrogens (tertiary/aromatic N) is 5. The minimum atomic E-state index is -0.0638. The number of aryl methyl sites for hydroxylation is 2. The second kappa shape index (κ2) is 7.25. The summed E-state index contributed by atoms with van der Waals surface area (Å²) in [7, 11) is 1.74. The molecule has 0 atom stereocenters. The maximum Gasteiger partial charge on any atom is 0.254 e. The third-order valence-electron chi connectivity index (χ3n) is 4.14. The van der Waals surface area contributed by atoms with Crippen molar-refractivity contribution >= 4 is 5.91 Å². The first-order valence-corrected chi connectivity index (χ1v) is 8.16.